The predicted molar refractivity (Wildman–Crippen MR) is 444 cm³/mol. The van der Waals surface area contributed by atoms with Crippen molar-refractivity contribution in [2.45, 2.75) is 69.7 Å². The first kappa shape index (κ1) is 83.2. The molecule has 9 heterocycles. The fourth-order valence-corrected chi connectivity index (χ4v) is 14.9. The fourth-order valence-electron chi connectivity index (χ4n) is 14.9. The van der Waals surface area contributed by atoms with Gasteiger partial charge in [0.05, 0.1) is 98.7 Å². The third-order valence-corrected chi connectivity index (χ3v) is 21.2. The molecule has 26 nitrogen and oxygen atoms in total. The van der Waals surface area contributed by atoms with Crippen LogP contribution in [0.2, 0.25) is 0 Å². The minimum absolute atomic E-state index is 0.000896. The zero-order chi connectivity index (χ0) is 83.9. The lowest BCUT2D eigenvalue weighted by Crippen LogP contribution is -2.27. The van der Waals surface area contributed by atoms with E-state index in [2.05, 4.69) is 49.7 Å². The van der Waals surface area contributed by atoms with Gasteiger partial charge in [0, 0.05) is 119 Å². The molecule has 29 heteroatoms. The molecular formula is C91H92F3N13O13. The smallest absolute Gasteiger partial charge is 0.298 e. The number of aromatic nitrogens is 9. The molecule has 3 aliphatic heterocycles. The second-order valence-electron chi connectivity index (χ2n) is 28.9. The first-order chi connectivity index (χ1) is 58.5. The molecule has 0 N–H and O–H groups in total. The van der Waals surface area contributed by atoms with Crippen molar-refractivity contribution in [1.29, 1.82) is 0 Å². The van der Waals surface area contributed by atoms with E-state index < -0.39 is 17.5 Å². The van der Waals surface area contributed by atoms with Gasteiger partial charge in [0.15, 0.2) is 34.5 Å². The summed E-state index contributed by atoms with van der Waals surface area (Å²) >= 11 is 0. The number of carbonyl (C=O) groups excluding carboxylic acids is 3. The Bertz CT molecular complexity index is 5770. The zero-order valence-electron chi connectivity index (χ0n) is 67.9. The van der Waals surface area contributed by atoms with Crippen LogP contribution in [0.3, 0.4) is 0 Å². The van der Waals surface area contributed by atoms with Crippen LogP contribution in [0.5, 0.6) is 63.5 Å². The molecule has 3 atom stereocenters. The number of amides is 3. The number of likely N-dealkylation sites (N-methyl/N-ethyl adjacent to an activating group) is 1. The van der Waals surface area contributed by atoms with Gasteiger partial charge in [-0.05, 0) is 174 Å². The Morgan fingerprint density at radius 3 is 1.38 bits per heavy atom. The van der Waals surface area contributed by atoms with Crippen LogP contribution in [-0.4, -0.2) is 201 Å². The number of aryl methyl sites for hydroxylation is 1. The molecule has 4 aliphatic rings. The second-order valence-corrected chi connectivity index (χ2v) is 28.9. The van der Waals surface area contributed by atoms with Crippen LogP contribution in [0.25, 0.3) is 50.3 Å². The Labute approximate surface area is 692 Å². The van der Waals surface area contributed by atoms with Crippen LogP contribution in [0.1, 0.15) is 79.9 Å². The molecule has 1 aliphatic carbocycles. The van der Waals surface area contributed by atoms with Crippen LogP contribution in [0.15, 0.2) is 189 Å². The number of rotatable bonds is 28. The molecule has 0 bridgehead atoms. The average Bonchev–Trinajstić information content (AvgIpc) is 1.61. The van der Waals surface area contributed by atoms with E-state index >= 15 is 0 Å². The number of halogens is 3. The van der Waals surface area contributed by atoms with Crippen molar-refractivity contribution in [3.05, 3.63) is 230 Å². The molecule has 0 unspecified atom stereocenters. The summed E-state index contributed by atoms with van der Waals surface area (Å²) < 4.78 is 104. The molecule has 12 aromatic rings. The Hall–Kier alpha value is -13.3. The SMILES string of the molecule is C=CC(=O)N1CC[C@@H](c2nc(-c3ccc(Oc4cccc(OC)c4F)cc3)c3cncc(OCCOC)n23)C1.CC#CC(=O)N1CC[C@@H](c2nc(-c3ccc(Oc4cccc(OC)c4F)cc3)c3cncc(OCCOC)n23)C1.COc1cccc(Oc2ccc(-c3nc([C@@H]4CCN(C(=O)/C=C/CN(C)C5CC5)C4)n4ccnc(C)c34)cc2)c1F. The van der Waals surface area contributed by atoms with Crippen molar-refractivity contribution in [2.24, 2.45) is 0 Å². The summed E-state index contributed by atoms with van der Waals surface area (Å²) in [5.74, 6) is 9.05. The highest BCUT2D eigenvalue weighted by atomic mass is 19.1. The summed E-state index contributed by atoms with van der Waals surface area (Å²) in [6, 6.07) is 36.8. The Kier molecular flexibility index (Phi) is 26.6. The average molecular weight is 1630 g/mol. The van der Waals surface area contributed by atoms with Crippen LogP contribution >= 0.6 is 0 Å². The molecule has 120 heavy (non-hydrogen) atoms. The van der Waals surface area contributed by atoms with Crippen LogP contribution in [0.4, 0.5) is 13.2 Å². The van der Waals surface area contributed by atoms with Gasteiger partial charge >= 0.3 is 0 Å². The first-order valence-corrected chi connectivity index (χ1v) is 39.4. The summed E-state index contributed by atoms with van der Waals surface area (Å²) in [6.45, 7) is 13.2. The molecule has 6 aromatic heterocycles. The van der Waals surface area contributed by atoms with Gasteiger partial charge in [0.25, 0.3) is 5.91 Å². The van der Waals surface area contributed by atoms with Gasteiger partial charge in [-0.15, -0.1) is 0 Å². The monoisotopic (exact) mass is 1630 g/mol. The van der Waals surface area contributed by atoms with E-state index in [1.165, 1.54) is 52.4 Å². The number of nitrogens with zero attached hydrogens (tertiary/aromatic N) is 13. The van der Waals surface area contributed by atoms with Crippen molar-refractivity contribution in [3.8, 4) is 109 Å². The third kappa shape index (κ3) is 18.7. The van der Waals surface area contributed by atoms with Gasteiger partial charge < -0.3 is 62.1 Å². The topological polar surface area (TPSA) is 247 Å². The quantitative estimate of drug-likeness (QED) is 0.0251. The van der Waals surface area contributed by atoms with Gasteiger partial charge in [-0.1, -0.05) is 36.8 Å². The van der Waals surface area contributed by atoms with Crippen LogP contribution in [-0.2, 0) is 23.9 Å². The number of fused-ring (bicyclic) bond motifs is 3. The highest BCUT2D eigenvalue weighted by molar-refractivity contribution is 5.94. The summed E-state index contributed by atoms with van der Waals surface area (Å²) in [4.78, 5) is 73.7. The molecule has 620 valence electrons. The minimum Gasteiger partial charge on any atom is -0.494 e. The van der Waals surface area contributed by atoms with Crippen molar-refractivity contribution in [3.63, 3.8) is 0 Å². The van der Waals surface area contributed by atoms with E-state index in [4.69, 9.17) is 62.3 Å². The summed E-state index contributed by atoms with van der Waals surface area (Å²) in [5, 5.41) is 0. The van der Waals surface area contributed by atoms with Gasteiger partial charge in [0.1, 0.15) is 47.9 Å². The van der Waals surface area contributed by atoms with Crippen molar-refractivity contribution < 1.29 is 74.9 Å². The molecule has 16 rings (SSSR count). The van der Waals surface area contributed by atoms with Gasteiger partial charge in [-0.3, -0.25) is 47.4 Å². The Balaban J connectivity index is 0.000000147. The summed E-state index contributed by atoms with van der Waals surface area (Å²) in [5.41, 5.74) is 8.10. The van der Waals surface area contributed by atoms with Gasteiger partial charge in [-0.25, -0.2) is 15.0 Å². The zero-order valence-corrected chi connectivity index (χ0v) is 67.9. The summed E-state index contributed by atoms with van der Waals surface area (Å²) in [6.07, 6.45) is 20.4. The number of carbonyl (C=O) groups is 3. The maximum Gasteiger partial charge on any atom is 0.298 e. The predicted octanol–water partition coefficient (Wildman–Crippen LogP) is 15.2. The largest absolute Gasteiger partial charge is 0.494 e. The van der Waals surface area contributed by atoms with E-state index in [9.17, 15) is 27.6 Å². The Morgan fingerprint density at radius 2 is 0.942 bits per heavy atom. The van der Waals surface area contributed by atoms with Crippen LogP contribution < -0.4 is 37.9 Å². The standard InChI is InChI=1S/C32H34FN5O3.C30H29FN4O5.C29H29FN4O5/c1-21-31-30(22-9-13-25(14-10-22)41-27-7-4-6-26(40-3)29(27)33)35-32(38(31)19-16-34-21)23-15-18-37(20-23)28(39)8-5-17-36(2)24-11-12-24;1-4-6-26(36)34-14-13-21(19-34)30-33-29(23-17-32-18-27(35(23)30)39-16-15-37-2)20-9-11-22(12-10-20)40-25-8-5-7-24(38-3)28(25)31;1-4-25(35)33-13-12-20(18-33)29-32-28(22-16-31-17-26(34(22)29)38-15-14-36-2)19-8-10-21(11-9-19)39-24-7-5-6-23(37-3)27(24)30/h4-10,13-14,16,19,23-24H,11-12,15,17-18,20H2,1-3H3;5,7-12,17-18,21H,13-16,19H2,1-3H3;4-11,16-17,20H,1,12-15,18H2,2-3H3/b8-5+;;/t23-;21-;20-/m111/s1. The highest BCUT2D eigenvalue weighted by Crippen LogP contribution is 2.42. The number of hydrogen-bond acceptors (Lipinski definition) is 20. The van der Waals surface area contributed by atoms with Crippen molar-refractivity contribution in [2.75, 3.05) is 115 Å². The molecule has 0 radical (unpaired) electrons. The molecule has 0 spiro atoms. The number of likely N-dealkylation sites (tertiary alicyclic amines) is 3. The number of ether oxygens (including phenoxy) is 10. The highest BCUT2D eigenvalue weighted by Gasteiger charge is 2.36. The van der Waals surface area contributed by atoms with Crippen LogP contribution in [0, 0.1) is 36.2 Å². The maximum atomic E-state index is 14.6. The molecule has 1 saturated carbocycles. The fraction of sp³-hybridized carbons (Fsp3) is 0.308. The molecule has 4 fully saturated rings. The summed E-state index contributed by atoms with van der Waals surface area (Å²) in [7, 11) is 9.57. The number of hydrogen-bond donors (Lipinski definition) is 0. The van der Waals surface area contributed by atoms with E-state index in [1.54, 1.807) is 147 Å². The normalized spacial score (nSPS) is 15.6. The first-order valence-electron chi connectivity index (χ1n) is 39.4. The molecule has 3 saturated heterocycles. The van der Waals surface area contributed by atoms with Gasteiger partial charge in [-0.2, -0.15) is 13.2 Å². The number of imidazole rings is 3. The van der Waals surface area contributed by atoms with E-state index in [0.717, 1.165) is 87.9 Å². The van der Waals surface area contributed by atoms with Crippen molar-refractivity contribution >= 4 is 34.3 Å². The second kappa shape index (κ2) is 38.4. The lowest BCUT2D eigenvalue weighted by molar-refractivity contribution is -0.125. The molecular weight excluding hydrogens is 1540 g/mol. The van der Waals surface area contributed by atoms with E-state index in [1.807, 2.05) is 69.3 Å². The molecule has 3 amide bonds. The lowest BCUT2D eigenvalue weighted by Gasteiger charge is -2.15. The lowest BCUT2D eigenvalue weighted by atomic mass is 10.1. The Morgan fingerprint density at radius 1 is 0.525 bits per heavy atom. The van der Waals surface area contributed by atoms with E-state index in [-0.39, 0.29) is 70.0 Å². The van der Waals surface area contributed by atoms with E-state index in [0.29, 0.717) is 112 Å². The van der Waals surface area contributed by atoms with Crippen molar-refractivity contribution in [1.82, 2.24) is 62.7 Å². The maximum absolute atomic E-state index is 14.6. The number of benzene rings is 6. The third-order valence-electron chi connectivity index (χ3n) is 21.2. The number of methoxy groups -OCH3 is 5. The van der Waals surface area contributed by atoms with Gasteiger partial charge in [0.2, 0.25) is 41.0 Å². The molecule has 6 aromatic carbocycles. The minimum atomic E-state index is -0.570.